The fourth-order valence-corrected chi connectivity index (χ4v) is 1.39. The quantitative estimate of drug-likeness (QED) is 0.813. The average Bonchev–Trinajstić information content (AvgIpc) is 2.29. The predicted octanol–water partition coefficient (Wildman–Crippen LogP) is 1.97. The molecule has 72 valence electrons. The number of amides is 1. The smallest absolute Gasteiger partial charge is 0.217 e. The van der Waals surface area contributed by atoms with E-state index in [2.05, 4.69) is 5.32 Å². The van der Waals surface area contributed by atoms with Gasteiger partial charge in [0.2, 0.25) is 5.91 Å². The van der Waals surface area contributed by atoms with Crippen LogP contribution in [0.25, 0.3) is 0 Å². The zero-order chi connectivity index (χ0) is 10.0. The number of carbonyl (C=O) groups is 1. The maximum absolute atomic E-state index is 10.6. The molecular formula is C8H10Cl2N2O. The van der Waals surface area contributed by atoms with E-state index in [0.717, 1.165) is 5.69 Å². The van der Waals surface area contributed by atoms with Crippen molar-refractivity contribution in [2.45, 2.75) is 13.5 Å². The van der Waals surface area contributed by atoms with Crippen molar-refractivity contribution in [3.05, 3.63) is 21.9 Å². The van der Waals surface area contributed by atoms with Crippen LogP contribution in [-0.2, 0) is 18.4 Å². The van der Waals surface area contributed by atoms with Crippen LogP contribution >= 0.6 is 23.2 Å². The number of carbonyl (C=O) groups excluding carboxylic acids is 1. The summed E-state index contributed by atoms with van der Waals surface area (Å²) in [6, 6.07) is 1.74. The maximum atomic E-state index is 10.6. The lowest BCUT2D eigenvalue weighted by molar-refractivity contribution is -0.119. The molecule has 0 saturated carbocycles. The van der Waals surface area contributed by atoms with Gasteiger partial charge in [0.25, 0.3) is 0 Å². The van der Waals surface area contributed by atoms with E-state index in [0.29, 0.717) is 16.7 Å². The maximum Gasteiger partial charge on any atom is 0.217 e. The van der Waals surface area contributed by atoms with Crippen LogP contribution in [-0.4, -0.2) is 10.5 Å². The van der Waals surface area contributed by atoms with Crippen LogP contribution in [0.4, 0.5) is 0 Å². The highest BCUT2D eigenvalue weighted by Crippen LogP contribution is 2.24. The van der Waals surface area contributed by atoms with Crippen molar-refractivity contribution >= 4 is 29.1 Å². The number of nitrogens with one attached hydrogen (secondary N) is 1. The molecule has 5 heteroatoms. The minimum absolute atomic E-state index is 0.0755. The normalized spacial score (nSPS) is 10.2. The summed E-state index contributed by atoms with van der Waals surface area (Å²) in [4.78, 5) is 10.6. The van der Waals surface area contributed by atoms with Crippen molar-refractivity contribution in [2.75, 3.05) is 0 Å². The minimum atomic E-state index is -0.0755. The van der Waals surface area contributed by atoms with Crippen LogP contribution in [0.15, 0.2) is 6.07 Å². The van der Waals surface area contributed by atoms with Crippen molar-refractivity contribution in [2.24, 2.45) is 7.05 Å². The Morgan fingerprint density at radius 2 is 2.23 bits per heavy atom. The molecule has 0 radical (unpaired) electrons. The van der Waals surface area contributed by atoms with Gasteiger partial charge in [-0.25, -0.2) is 0 Å². The van der Waals surface area contributed by atoms with Crippen LogP contribution in [0.2, 0.25) is 10.2 Å². The largest absolute Gasteiger partial charge is 0.351 e. The fraction of sp³-hybridized carbons (Fsp3) is 0.375. The predicted molar refractivity (Wildman–Crippen MR) is 53.0 cm³/mol. The first-order valence-corrected chi connectivity index (χ1v) is 4.52. The molecule has 1 rings (SSSR count). The Morgan fingerprint density at radius 1 is 1.62 bits per heavy atom. The molecule has 1 aromatic heterocycles. The Morgan fingerprint density at radius 3 is 2.62 bits per heavy atom. The Labute approximate surface area is 86.6 Å². The highest BCUT2D eigenvalue weighted by Gasteiger charge is 2.08. The Bertz CT molecular complexity index is 333. The van der Waals surface area contributed by atoms with Gasteiger partial charge < -0.3 is 9.88 Å². The Kier molecular flexibility index (Phi) is 3.22. The second kappa shape index (κ2) is 4.03. The van der Waals surface area contributed by atoms with Gasteiger partial charge in [-0.2, -0.15) is 0 Å². The van der Waals surface area contributed by atoms with E-state index in [9.17, 15) is 4.79 Å². The highest BCUT2D eigenvalue weighted by molar-refractivity contribution is 6.41. The first-order chi connectivity index (χ1) is 6.02. The number of halogens is 2. The molecule has 0 fully saturated rings. The third kappa shape index (κ3) is 2.39. The van der Waals surface area contributed by atoms with E-state index in [1.165, 1.54) is 6.92 Å². The molecule has 13 heavy (non-hydrogen) atoms. The van der Waals surface area contributed by atoms with E-state index in [4.69, 9.17) is 23.2 Å². The summed E-state index contributed by atoms with van der Waals surface area (Å²) < 4.78 is 1.74. The van der Waals surface area contributed by atoms with Gasteiger partial charge in [0.05, 0.1) is 11.6 Å². The van der Waals surface area contributed by atoms with E-state index >= 15 is 0 Å². The summed E-state index contributed by atoms with van der Waals surface area (Å²) in [6.45, 7) is 1.91. The topological polar surface area (TPSA) is 34.0 Å². The van der Waals surface area contributed by atoms with E-state index in [1.807, 2.05) is 0 Å². The lowest BCUT2D eigenvalue weighted by Gasteiger charge is -2.03. The Balaban J connectivity index is 2.78. The van der Waals surface area contributed by atoms with E-state index in [-0.39, 0.29) is 5.91 Å². The highest BCUT2D eigenvalue weighted by atomic mass is 35.5. The molecule has 0 spiro atoms. The lowest BCUT2D eigenvalue weighted by Crippen LogP contribution is -2.20. The van der Waals surface area contributed by atoms with E-state index < -0.39 is 0 Å². The van der Waals surface area contributed by atoms with Gasteiger partial charge in [-0.05, 0) is 6.07 Å². The number of aromatic nitrogens is 1. The zero-order valence-electron chi connectivity index (χ0n) is 7.40. The van der Waals surface area contributed by atoms with E-state index in [1.54, 1.807) is 17.7 Å². The molecule has 0 aliphatic heterocycles. The molecule has 0 aliphatic rings. The minimum Gasteiger partial charge on any atom is -0.351 e. The average molecular weight is 221 g/mol. The van der Waals surface area contributed by atoms with Crippen LogP contribution in [0, 0.1) is 0 Å². The fourth-order valence-electron chi connectivity index (χ4n) is 0.974. The molecule has 0 saturated heterocycles. The molecule has 0 aromatic carbocycles. The Hall–Kier alpha value is -0.670. The molecule has 1 aromatic rings. The van der Waals surface area contributed by atoms with Crippen molar-refractivity contribution in [1.82, 2.24) is 9.88 Å². The van der Waals surface area contributed by atoms with Crippen LogP contribution in [0.3, 0.4) is 0 Å². The number of rotatable bonds is 2. The van der Waals surface area contributed by atoms with Gasteiger partial charge >= 0.3 is 0 Å². The van der Waals surface area contributed by atoms with Crippen molar-refractivity contribution in [1.29, 1.82) is 0 Å². The van der Waals surface area contributed by atoms with Crippen LogP contribution < -0.4 is 5.32 Å². The summed E-state index contributed by atoms with van der Waals surface area (Å²) in [6.07, 6.45) is 0. The number of nitrogens with zero attached hydrogens (tertiary/aromatic N) is 1. The van der Waals surface area contributed by atoms with Gasteiger partial charge in [0.15, 0.2) is 0 Å². The molecule has 1 amide bonds. The first-order valence-electron chi connectivity index (χ1n) is 3.76. The first kappa shape index (κ1) is 10.4. The third-order valence-corrected chi connectivity index (χ3v) is 2.58. The number of hydrogen-bond acceptors (Lipinski definition) is 1. The molecule has 3 nitrogen and oxygen atoms in total. The third-order valence-electron chi connectivity index (χ3n) is 1.73. The molecule has 0 unspecified atom stereocenters. The van der Waals surface area contributed by atoms with Crippen LogP contribution in [0.5, 0.6) is 0 Å². The van der Waals surface area contributed by atoms with Crippen molar-refractivity contribution < 1.29 is 4.79 Å². The molecule has 1 heterocycles. The van der Waals surface area contributed by atoms with Gasteiger partial charge in [0, 0.05) is 19.7 Å². The monoisotopic (exact) mass is 220 g/mol. The summed E-state index contributed by atoms with van der Waals surface area (Å²) in [5.41, 5.74) is 0.880. The van der Waals surface area contributed by atoms with Gasteiger partial charge in [-0.3, -0.25) is 4.79 Å². The SMILES string of the molecule is CC(=O)NCc1cc(Cl)c(Cl)n1C. The standard InChI is InChI=1S/C8H10Cl2N2O/c1-5(13)11-4-6-3-7(9)8(10)12(6)2/h3H,4H2,1-2H3,(H,11,13). The molecule has 0 aliphatic carbocycles. The van der Waals surface area contributed by atoms with Gasteiger partial charge in [0.1, 0.15) is 5.15 Å². The van der Waals surface area contributed by atoms with Gasteiger partial charge in [-0.1, -0.05) is 23.2 Å². The van der Waals surface area contributed by atoms with Gasteiger partial charge in [-0.15, -0.1) is 0 Å². The van der Waals surface area contributed by atoms with Crippen molar-refractivity contribution in [3.8, 4) is 0 Å². The van der Waals surface area contributed by atoms with Crippen LogP contribution in [0.1, 0.15) is 12.6 Å². The summed E-state index contributed by atoms with van der Waals surface area (Å²) in [5, 5.41) is 3.66. The van der Waals surface area contributed by atoms with Crippen molar-refractivity contribution in [3.63, 3.8) is 0 Å². The molecule has 1 N–H and O–H groups in total. The summed E-state index contributed by atoms with van der Waals surface area (Å²) in [5.74, 6) is -0.0755. The number of hydrogen-bond donors (Lipinski definition) is 1. The second-order valence-corrected chi connectivity index (χ2v) is 3.51. The summed E-state index contributed by atoms with van der Waals surface area (Å²) >= 11 is 11.6. The lowest BCUT2D eigenvalue weighted by atomic mass is 10.4. The molecule has 0 bridgehead atoms. The molecule has 0 atom stereocenters. The molecular weight excluding hydrogens is 211 g/mol. The zero-order valence-corrected chi connectivity index (χ0v) is 8.91. The second-order valence-electron chi connectivity index (χ2n) is 2.74. The summed E-state index contributed by atoms with van der Waals surface area (Å²) in [7, 11) is 1.80.